The molecule has 0 aromatic heterocycles. The Labute approximate surface area is 131 Å². The Bertz CT molecular complexity index is 631. The maximum absolute atomic E-state index is 12.3. The molecule has 118 valence electrons. The van der Waals surface area contributed by atoms with Gasteiger partial charge in [-0.1, -0.05) is 24.6 Å². The van der Waals surface area contributed by atoms with Crippen molar-refractivity contribution >= 4 is 11.6 Å². The van der Waals surface area contributed by atoms with E-state index < -0.39 is 5.60 Å². The molecule has 0 radical (unpaired) electrons. The summed E-state index contributed by atoms with van der Waals surface area (Å²) in [6.45, 7) is 4.16. The molecule has 0 unspecified atom stereocenters. The predicted molar refractivity (Wildman–Crippen MR) is 83.1 cm³/mol. The Morgan fingerprint density at radius 3 is 2.55 bits per heavy atom. The summed E-state index contributed by atoms with van der Waals surface area (Å²) in [5, 5.41) is 11.6. The SMILES string of the molecule is C[C@]12CCC(=O)C=C1CC[C@H]1[C@@H]3CCC(=O)[C@@]3(C)C=C[C@@]12O. The number of allylic oxidation sites excluding steroid dienone is 2. The first kappa shape index (κ1) is 14.4. The van der Waals surface area contributed by atoms with Gasteiger partial charge in [0.2, 0.25) is 0 Å². The highest BCUT2D eigenvalue weighted by atomic mass is 16.3. The fraction of sp³-hybridized carbons (Fsp3) is 0.684. The molecule has 0 aliphatic heterocycles. The van der Waals surface area contributed by atoms with Crippen molar-refractivity contribution < 1.29 is 14.7 Å². The number of ketones is 2. The van der Waals surface area contributed by atoms with Crippen LogP contribution in [0.1, 0.15) is 52.4 Å². The van der Waals surface area contributed by atoms with Crippen LogP contribution in [-0.4, -0.2) is 22.3 Å². The van der Waals surface area contributed by atoms with Crippen molar-refractivity contribution in [3.8, 4) is 0 Å². The molecular weight excluding hydrogens is 276 g/mol. The molecule has 4 rings (SSSR count). The van der Waals surface area contributed by atoms with Crippen molar-refractivity contribution in [1.82, 2.24) is 0 Å². The quantitative estimate of drug-likeness (QED) is 0.700. The zero-order valence-electron chi connectivity index (χ0n) is 13.4. The average molecular weight is 300 g/mol. The zero-order chi connectivity index (χ0) is 15.8. The summed E-state index contributed by atoms with van der Waals surface area (Å²) < 4.78 is 0. The van der Waals surface area contributed by atoms with Gasteiger partial charge in [0, 0.05) is 23.7 Å². The molecule has 0 amide bonds. The van der Waals surface area contributed by atoms with E-state index in [1.165, 1.54) is 0 Å². The third-order valence-corrected chi connectivity index (χ3v) is 7.31. The number of aliphatic hydroxyl groups is 1. The van der Waals surface area contributed by atoms with Crippen LogP contribution >= 0.6 is 0 Å². The molecule has 22 heavy (non-hydrogen) atoms. The number of carbonyl (C=O) groups excluding carboxylic acids is 2. The number of carbonyl (C=O) groups is 2. The van der Waals surface area contributed by atoms with Gasteiger partial charge in [0.25, 0.3) is 0 Å². The maximum Gasteiger partial charge on any atom is 0.155 e. The van der Waals surface area contributed by atoms with E-state index in [9.17, 15) is 14.7 Å². The Morgan fingerprint density at radius 2 is 1.77 bits per heavy atom. The summed E-state index contributed by atoms with van der Waals surface area (Å²) in [5.41, 5.74) is -0.543. The molecule has 0 spiro atoms. The molecule has 0 heterocycles. The standard InChI is InChI=1S/C19H24O3/c1-17-9-10-19(22)15(14(17)5-6-16(17)21)4-3-12-11-13(20)7-8-18(12,19)2/h9-11,14-15,22H,3-8H2,1-2H3/t14-,15-,17-,18-,19+/m0/s1. The second-order valence-electron chi connectivity index (χ2n) is 8.12. The fourth-order valence-electron chi connectivity index (χ4n) is 5.72. The number of Topliss-reactive ketones (excluding diaryl/α,β-unsaturated/α-hetero) is 1. The molecule has 3 heteroatoms. The molecular formula is C19H24O3. The topological polar surface area (TPSA) is 54.4 Å². The van der Waals surface area contributed by atoms with Crippen LogP contribution < -0.4 is 0 Å². The number of fused-ring (bicyclic) bond motifs is 5. The van der Waals surface area contributed by atoms with Gasteiger partial charge in [0.05, 0.1) is 5.60 Å². The number of hydrogen-bond acceptors (Lipinski definition) is 3. The smallest absolute Gasteiger partial charge is 0.155 e. The van der Waals surface area contributed by atoms with Crippen LogP contribution in [0.3, 0.4) is 0 Å². The van der Waals surface area contributed by atoms with Crippen molar-refractivity contribution in [2.45, 2.75) is 58.0 Å². The highest BCUT2D eigenvalue weighted by Gasteiger charge is 2.63. The van der Waals surface area contributed by atoms with Crippen LogP contribution in [0, 0.1) is 22.7 Å². The van der Waals surface area contributed by atoms with Gasteiger partial charge in [0.15, 0.2) is 5.78 Å². The second-order valence-corrected chi connectivity index (χ2v) is 8.12. The lowest BCUT2D eigenvalue weighted by Gasteiger charge is -2.59. The summed E-state index contributed by atoms with van der Waals surface area (Å²) in [7, 11) is 0. The molecule has 2 fully saturated rings. The van der Waals surface area contributed by atoms with Gasteiger partial charge in [-0.25, -0.2) is 0 Å². The minimum absolute atomic E-state index is 0.129. The van der Waals surface area contributed by atoms with Crippen molar-refractivity contribution in [2.75, 3.05) is 0 Å². The second kappa shape index (κ2) is 4.19. The molecule has 1 N–H and O–H groups in total. The molecule has 4 aliphatic carbocycles. The molecule has 0 aromatic rings. The average Bonchev–Trinajstić information content (AvgIpc) is 2.77. The third kappa shape index (κ3) is 1.51. The Morgan fingerprint density at radius 1 is 1.05 bits per heavy atom. The lowest BCUT2D eigenvalue weighted by molar-refractivity contribution is -0.139. The van der Waals surface area contributed by atoms with Gasteiger partial charge in [-0.2, -0.15) is 0 Å². The normalized spacial score (nSPS) is 50.2. The summed E-state index contributed by atoms with van der Waals surface area (Å²) in [6.07, 6.45) is 10.2. The van der Waals surface area contributed by atoms with E-state index in [1.54, 1.807) is 6.08 Å². The molecule has 5 atom stereocenters. The van der Waals surface area contributed by atoms with E-state index in [1.807, 2.05) is 19.1 Å². The van der Waals surface area contributed by atoms with Crippen LogP contribution in [0.25, 0.3) is 0 Å². The molecule has 2 saturated carbocycles. The first-order chi connectivity index (χ1) is 10.3. The van der Waals surface area contributed by atoms with Gasteiger partial charge in [0.1, 0.15) is 5.78 Å². The van der Waals surface area contributed by atoms with E-state index in [2.05, 4.69) is 6.92 Å². The van der Waals surface area contributed by atoms with Crippen molar-refractivity contribution in [3.05, 3.63) is 23.8 Å². The van der Waals surface area contributed by atoms with E-state index in [0.717, 1.165) is 24.8 Å². The fourth-order valence-corrected chi connectivity index (χ4v) is 5.72. The predicted octanol–water partition coefficient (Wildman–Crippen LogP) is 2.98. The van der Waals surface area contributed by atoms with Crippen LogP contribution in [0.5, 0.6) is 0 Å². The van der Waals surface area contributed by atoms with Gasteiger partial charge in [-0.3, -0.25) is 9.59 Å². The Kier molecular flexibility index (Phi) is 2.74. The van der Waals surface area contributed by atoms with E-state index >= 15 is 0 Å². The van der Waals surface area contributed by atoms with Gasteiger partial charge < -0.3 is 5.11 Å². The lowest BCUT2D eigenvalue weighted by atomic mass is 9.47. The monoisotopic (exact) mass is 300 g/mol. The van der Waals surface area contributed by atoms with Crippen molar-refractivity contribution in [3.63, 3.8) is 0 Å². The van der Waals surface area contributed by atoms with Crippen molar-refractivity contribution in [2.24, 2.45) is 22.7 Å². The molecule has 0 aromatic carbocycles. The molecule has 4 aliphatic rings. The van der Waals surface area contributed by atoms with Gasteiger partial charge >= 0.3 is 0 Å². The summed E-state index contributed by atoms with van der Waals surface area (Å²) in [6, 6.07) is 0. The van der Waals surface area contributed by atoms with E-state index in [0.29, 0.717) is 25.0 Å². The lowest BCUT2D eigenvalue weighted by Crippen LogP contribution is -2.60. The summed E-state index contributed by atoms with van der Waals surface area (Å²) >= 11 is 0. The largest absolute Gasteiger partial charge is 0.385 e. The minimum Gasteiger partial charge on any atom is -0.385 e. The van der Waals surface area contributed by atoms with Crippen LogP contribution in [0.2, 0.25) is 0 Å². The van der Waals surface area contributed by atoms with E-state index in [-0.39, 0.29) is 28.4 Å². The summed E-state index contributed by atoms with van der Waals surface area (Å²) in [5.74, 6) is 0.881. The van der Waals surface area contributed by atoms with Crippen LogP contribution in [0.4, 0.5) is 0 Å². The first-order valence-corrected chi connectivity index (χ1v) is 8.51. The van der Waals surface area contributed by atoms with Gasteiger partial charge in [-0.05, 0) is 50.5 Å². The Hall–Kier alpha value is -1.22. The zero-order valence-corrected chi connectivity index (χ0v) is 13.4. The Balaban J connectivity index is 1.85. The number of hydrogen-bond donors (Lipinski definition) is 1. The van der Waals surface area contributed by atoms with Crippen molar-refractivity contribution in [1.29, 1.82) is 0 Å². The number of rotatable bonds is 0. The third-order valence-electron chi connectivity index (χ3n) is 7.31. The first-order valence-electron chi connectivity index (χ1n) is 8.51. The molecule has 3 nitrogen and oxygen atoms in total. The summed E-state index contributed by atoms with van der Waals surface area (Å²) in [4.78, 5) is 24.1. The van der Waals surface area contributed by atoms with Crippen LogP contribution in [0.15, 0.2) is 23.8 Å². The van der Waals surface area contributed by atoms with E-state index in [4.69, 9.17) is 0 Å². The van der Waals surface area contributed by atoms with Crippen LogP contribution in [-0.2, 0) is 9.59 Å². The molecule has 0 bridgehead atoms. The molecule has 0 saturated heterocycles. The highest BCUT2D eigenvalue weighted by Crippen LogP contribution is 2.63. The highest BCUT2D eigenvalue weighted by molar-refractivity contribution is 5.92. The maximum atomic E-state index is 12.3. The van der Waals surface area contributed by atoms with Gasteiger partial charge in [-0.15, -0.1) is 0 Å². The minimum atomic E-state index is -0.910.